The molecular formula is C12H13N7O2S. The van der Waals surface area contributed by atoms with Gasteiger partial charge in [0.15, 0.2) is 0 Å². The molecule has 0 unspecified atom stereocenters. The molecule has 2 heterocycles. The van der Waals surface area contributed by atoms with Crippen LogP contribution >= 0.6 is 0 Å². The number of rotatable bonds is 3. The lowest BCUT2D eigenvalue weighted by atomic mass is 10.2. The lowest BCUT2D eigenvalue weighted by Gasteiger charge is -2.04. The smallest absolute Gasteiger partial charge is 0.238 e. The Morgan fingerprint density at radius 1 is 1.23 bits per heavy atom. The normalized spacial score (nSPS) is 11.7. The average molecular weight is 319 g/mol. The van der Waals surface area contributed by atoms with Gasteiger partial charge in [-0.1, -0.05) is 5.21 Å². The number of aromatic amines is 1. The van der Waals surface area contributed by atoms with Gasteiger partial charge in [-0.05, 0) is 31.2 Å². The van der Waals surface area contributed by atoms with Gasteiger partial charge in [0.2, 0.25) is 10.0 Å². The minimum atomic E-state index is -3.72. The van der Waals surface area contributed by atoms with E-state index in [1.165, 1.54) is 12.1 Å². The van der Waals surface area contributed by atoms with Crippen LogP contribution in [0.3, 0.4) is 0 Å². The molecule has 0 aliphatic heterocycles. The summed E-state index contributed by atoms with van der Waals surface area (Å²) in [7, 11) is -3.72. The van der Waals surface area contributed by atoms with Crippen molar-refractivity contribution in [2.75, 3.05) is 5.73 Å². The number of hydrogen-bond acceptors (Lipinski definition) is 6. The first-order chi connectivity index (χ1) is 10.4. The van der Waals surface area contributed by atoms with Crippen molar-refractivity contribution in [2.24, 2.45) is 5.14 Å². The number of nitrogens with zero attached hydrogens (tertiary/aromatic N) is 4. The second-order valence-electron chi connectivity index (χ2n) is 4.68. The summed E-state index contributed by atoms with van der Waals surface area (Å²) in [6.45, 7) is 1.83. The Balaban J connectivity index is 2.01. The second kappa shape index (κ2) is 4.93. The fourth-order valence-electron chi connectivity index (χ4n) is 2.06. The quantitative estimate of drug-likeness (QED) is 0.628. The van der Waals surface area contributed by atoms with Gasteiger partial charge in [-0.3, -0.25) is 5.10 Å². The lowest BCUT2D eigenvalue weighted by molar-refractivity contribution is 0.598. The molecule has 0 saturated carbocycles. The Labute approximate surface area is 126 Å². The van der Waals surface area contributed by atoms with Crippen molar-refractivity contribution in [3.63, 3.8) is 0 Å². The van der Waals surface area contributed by atoms with Crippen LogP contribution in [0.4, 0.5) is 5.82 Å². The molecule has 114 valence electrons. The summed E-state index contributed by atoms with van der Waals surface area (Å²) < 4.78 is 24.1. The summed E-state index contributed by atoms with van der Waals surface area (Å²) in [6.07, 6.45) is 0. The van der Waals surface area contributed by atoms with Crippen molar-refractivity contribution in [3.05, 3.63) is 36.0 Å². The van der Waals surface area contributed by atoms with Crippen molar-refractivity contribution in [1.29, 1.82) is 0 Å². The van der Waals surface area contributed by atoms with Crippen LogP contribution in [0.2, 0.25) is 0 Å². The van der Waals surface area contributed by atoms with Crippen LogP contribution in [0, 0.1) is 6.92 Å². The molecule has 0 saturated heterocycles. The zero-order valence-electron chi connectivity index (χ0n) is 11.6. The van der Waals surface area contributed by atoms with E-state index in [9.17, 15) is 8.42 Å². The number of nitrogen functional groups attached to an aromatic ring is 1. The Hall–Kier alpha value is -2.72. The highest BCUT2D eigenvalue weighted by atomic mass is 32.2. The zero-order chi connectivity index (χ0) is 15.9. The Bertz CT molecular complexity index is 925. The van der Waals surface area contributed by atoms with E-state index < -0.39 is 10.0 Å². The van der Waals surface area contributed by atoms with Crippen LogP contribution in [0.25, 0.3) is 17.1 Å². The number of nitrogens with one attached hydrogen (secondary N) is 1. The molecule has 22 heavy (non-hydrogen) atoms. The average Bonchev–Trinajstić information content (AvgIpc) is 3.04. The first-order valence-electron chi connectivity index (χ1n) is 6.23. The monoisotopic (exact) mass is 319 g/mol. The molecule has 10 heteroatoms. The topological polar surface area (TPSA) is 146 Å². The van der Waals surface area contributed by atoms with Crippen LogP contribution in [-0.2, 0) is 10.0 Å². The van der Waals surface area contributed by atoms with E-state index in [-0.39, 0.29) is 4.90 Å². The van der Waals surface area contributed by atoms with Crippen LogP contribution in [0.1, 0.15) is 5.69 Å². The van der Waals surface area contributed by atoms with Crippen molar-refractivity contribution < 1.29 is 8.42 Å². The third-order valence-electron chi connectivity index (χ3n) is 3.16. The van der Waals surface area contributed by atoms with Gasteiger partial charge in [-0.15, -0.1) is 5.10 Å². The van der Waals surface area contributed by atoms with Crippen LogP contribution in [0.5, 0.6) is 0 Å². The first kappa shape index (κ1) is 14.2. The van der Waals surface area contributed by atoms with Crippen molar-refractivity contribution >= 4 is 15.8 Å². The number of primary sulfonamides is 1. The van der Waals surface area contributed by atoms with E-state index >= 15 is 0 Å². The fourth-order valence-corrected chi connectivity index (χ4v) is 2.57. The minimum Gasteiger partial charge on any atom is -0.382 e. The van der Waals surface area contributed by atoms with E-state index in [4.69, 9.17) is 10.9 Å². The highest BCUT2D eigenvalue weighted by Gasteiger charge is 2.15. The SMILES string of the molecule is Cc1c(-c2cc(N)n[nH]2)nnn1-c1ccc(S(N)(=O)=O)cc1. The van der Waals surface area contributed by atoms with Gasteiger partial charge < -0.3 is 5.73 Å². The third kappa shape index (κ3) is 2.44. The molecule has 3 rings (SSSR count). The number of nitrogens with two attached hydrogens (primary N) is 2. The fraction of sp³-hybridized carbons (Fsp3) is 0.0833. The van der Waals surface area contributed by atoms with Gasteiger partial charge in [-0.2, -0.15) is 5.10 Å². The van der Waals surface area contributed by atoms with E-state index in [0.717, 1.165) is 5.69 Å². The van der Waals surface area contributed by atoms with Gasteiger partial charge in [-0.25, -0.2) is 18.2 Å². The number of benzene rings is 1. The lowest BCUT2D eigenvalue weighted by Crippen LogP contribution is -2.12. The zero-order valence-corrected chi connectivity index (χ0v) is 12.4. The number of sulfonamides is 1. The van der Waals surface area contributed by atoms with E-state index in [1.54, 1.807) is 22.9 Å². The minimum absolute atomic E-state index is 0.0376. The molecule has 9 nitrogen and oxygen atoms in total. The maximum atomic E-state index is 11.3. The number of aromatic nitrogens is 5. The Morgan fingerprint density at radius 3 is 2.45 bits per heavy atom. The highest BCUT2D eigenvalue weighted by Crippen LogP contribution is 2.22. The first-order valence-corrected chi connectivity index (χ1v) is 7.77. The molecular weight excluding hydrogens is 306 g/mol. The molecule has 3 aromatic rings. The number of H-pyrrole nitrogens is 1. The largest absolute Gasteiger partial charge is 0.382 e. The van der Waals surface area contributed by atoms with E-state index in [0.29, 0.717) is 22.9 Å². The van der Waals surface area contributed by atoms with Gasteiger partial charge >= 0.3 is 0 Å². The molecule has 0 amide bonds. The summed E-state index contributed by atoms with van der Waals surface area (Å²) in [5, 5.41) is 19.8. The van der Waals surface area contributed by atoms with Crippen molar-refractivity contribution in [3.8, 4) is 17.1 Å². The van der Waals surface area contributed by atoms with E-state index in [2.05, 4.69) is 20.5 Å². The number of anilines is 1. The molecule has 0 aliphatic rings. The summed E-state index contributed by atoms with van der Waals surface area (Å²) in [6, 6.07) is 7.70. The summed E-state index contributed by atoms with van der Waals surface area (Å²) in [4.78, 5) is 0.0376. The highest BCUT2D eigenvalue weighted by molar-refractivity contribution is 7.89. The number of hydrogen-bond donors (Lipinski definition) is 3. The van der Waals surface area contributed by atoms with Crippen molar-refractivity contribution in [2.45, 2.75) is 11.8 Å². The molecule has 1 aromatic carbocycles. The maximum absolute atomic E-state index is 11.3. The molecule has 0 atom stereocenters. The Kier molecular flexibility index (Phi) is 3.19. The van der Waals surface area contributed by atoms with Crippen LogP contribution < -0.4 is 10.9 Å². The summed E-state index contributed by atoms with van der Waals surface area (Å²) in [5.74, 6) is 0.362. The molecule has 2 aromatic heterocycles. The third-order valence-corrected chi connectivity index (χ3v) is 4.09. The molecule has 5 N–H and O–H groups in total. The predicted octanol–water partition coefficient (Wildman–Crippen LogP) is 0.195. The molecule has 0 radical (unpaired) electrons. The van der Waals surface area contributed by atoms with Crippen LogP contribution in [0.15, 0.2) is 35.2 Å². The standard InChI is InChI=1S/C12H13N7O2S/c1-7-12(10-6-11(13)16-15-10)17-18-19(7)8-2-4-9(5-3-8)22(14,20)21/h2-6H,1H3,(H3,13,15,16)(H2,14,20,21). The molecule has 0 spiro atoms. The second-order valence-corrected chi connectivity index (χ2v) is 6.24. The summed E-state index contributed by atoms with van der Waals surface area (Å²) >= 11 is 0. The van der Waals surface area contributed by atoms with Gasteiger partial charge in [0.1, 0.15) is 11.5 Å². The van der Waals surface area contributed by atoms with Gasteiger partial charge in [0.25, 0.3) is 0 Å². The Morgan fingerprint density at radius 2 is 1.91 bits per heavy atom. The van der Waals surface area contributed by atoms with Crippen LogP contribution in [-0.4, -0.2) is 33.6 Å². The van der Waals surface area contributed by atoms with Gasteiger partial charge in [0.05, 0.1) is 22.0 Å². The maximum Gasteiger partial charge on any atom is 0.238 e. The summed E-state index contributed by atoms with van der Waals surface area (Å²) in [5.41, 5.74) is 8.26. The van der Waals surface area contributed by atoms with E-state index in [1.807, 2.05) is 6.92 Å². The van der Waals surface area contributed by atoms with Gasteiger partial charge in [0, 0.05) is 6.07 Å². The molecule has 0 aliphatic carbocycles. The predicted molar refractivity (Wildman–Crippen MR) is 79.5 cm³/mol. The molecule has 0 bridgehead atoms. The molecule has 0 fully saturated rings. The van der Waals surface area contributed by atoms with Crippen molar-refractivity contribution in [1.82, 2.24) is 25.2 Å².